The maximum absolute atomic E-state index is 2.52. The molecule has 276 valence electrons. The first-order chi connectivity index (χ1) is 28.6. The Balaban J connectivity index is 1.26. The zero-order valence-corrected chi connectivity index (χ0v) is 33.4. The molecule has 1 nitrogen and oxygen atoms in total. The predicted octanol–water partition coefficient (Wildman–Crippen LogP) is 15.8. The Kier molecular flexibility index (Phi) is 8.17. The number of hydrogen-bond donors (Lipinski definition) is 0. The number of rotatable bonds is 7. The lowest BCUT2D eigenvalue weighted by Crippen LogP contribution is -2.28. The highest BCUT2D eigenvalue weighted by molar-refractivity contribution is 7.25. The Bertz CT molecular complexity index is 3100. The van der Waals surface area contributed by atoms with Gasteiger partial charge in [0.2, 0.25) is 0 Å². The molecule has 0 saturated heterocycles. The van der Waals surface area contributed by atoms with Crippen LogP contribution in [0, 0.1) is 0 Å². The van der Waals surface area contributed by atoms with E-state index in [1.54, 1.807) is 0 Å². The van der Waals surface area contributed by atoms with Crippen LogP contribution in [0.2, 0.25) is 0 Å². The third-order valence-electron chi connectivity index (χ3n) is 12.3. The molecule has 10 aromatic rings. The maximum Gasteiger partial charge on any atom is 0.0714 e. The number of thiophene rings is 1. The molecule has 0 aliphatic heterocycles. The van der Waals surface area contributed by atoms with E-state index in [0.29, 0.717) is 5.92 Å². The van der Waals surface area contributed by atoms with E-state index in [0.717, 1.165) is 17.1 Å². The van der Waals surface area contributed by atoms with Gasteiger partial charge < -0.3 is 4.90 Å². The average molecular weight is 760 g/mol. The van der Waals surface area contributed by atoms with E-state index in [1.807, 2.05) is 11.3 Å². The second kappa shape index (κ2) is 13.7. The van der Waals surface area contributed by atoms with Gasteiger partial charge in [-0.25, -0.2) is 0 Å². The molecule has 0 amide bonds. The normalized spacial score (nSPS) is 12.9. The van der Waals surface area contributed by atoms with E-state index in [4.69, 9.17) is 0 Å². The number of nitrogens with zero attached hydrogens (tertiary/aromatic N) is 1. The topological polar surface area (TPSA) is 3.24 Å². The third kappa shape index (κ3) is 5.29. The van der Waals surface area contributed by atoms with Gasteiger partial charge in [0, 0.05) is 37.1 Å². The number of anilines is 3. The molecule has 58 heavy (non-hydrogen) atoms. The fourth-order valence-electron chi connectivity index (χ4n) is 9.72. The van der Waals surface area contributed by atoms with Crippen LogP contribution in [0.4, 0.5) is 17.1 Å². The molecule has 1 aromatic heterocycles. The van der Waals surface area contributed by atoms with Crippen LogP contribution >= 0.6 is 11.3 Å². The Morgan fingerprint density at radius 3 is 1.78 bits per heavy atom. The zero-order chi connectivity index (χ0) is 38.8. The molecule has 9 aromatic carbocycles. The van der Waals surface area contributed by atoms with Crippen molar-refractivity contribution in [1.29, 1.82) is 0 Å². The second-order valence-corrected chi connectivity index (χ2v) is 16.9. The lowest BCUT2D eigenvalue weighted by atomic mass is 9.67. The van der Waals surface area contributed by atoms with Crippen molar-refractivity contribution >= 4 is 59.3 Å². The summed E-state index contributed by atoms with van der Waals surface area (Å²) in [6.45, 7) is 4.65. The van der Waals surface area contributed by atoms with Gasteiger partial charge >= 0.3 is 0 Å². The van der Waals surface area contributed by atoms with Crippen molar-refractivity contribution in [3.8, 4) is 22.3 Å². The van der Waals surface area contributed by atoms with Crippen LogP contribution in [0.1, 0.15) is 47.6 Å². The highest BCUT2D eigenvalue weighted by atomic mass is 32.1. The molecule has 0 saturated carbocycles. The van der Waals surface area contributed by atoms with Crippen LogP contribution in [0.5, 0.6) is 0 Å². The largest absolute Gasteiger partial charge is 0.310 e. The zero-order valence-electron chi connectivity index (χ0n) is 32.6. The molecule has 1 aliphatic rings. The van der Waals surface area contributed by atoms with Crippen LogP contribution in [-0.2, 0) is 5.41 Å². The summed E-state index contributed by atoms with van der Waals surface area (Å²) < 4.78 is 2.60. The van der Waals surface area contributed by atoms with Gasteiger partial charge in [-0.05, 0) is 110 Å². The van der Waals surface area contributed by atoms with Gasteiger partial charge in [0.25, 0.3) is 0 Å². The standard InChI is InChI=1S/C56H41NS/c1-37(2)45-26-16-27-50-55(45)47-31-29-44(36-51(47)56(50,41-21-8-4-9-22-41)42-23-10-5-11-24-42)57(43-30-32-54-49(35-43)46-25-14-15-28-53(46)58-54)52-34-40-20-13-12-19-39(40)33-48(52)38-17-6-3-7-18-38/h3-37H,1-2H3. The lowest BCUT2D eigenvalue weighted by Gasteiger charge is -2.35. The number of hydrogen-bond acceptors (Lipinski definition) is 2. The quantitative estimate of drug-likeness (QED) is 0.156. The summed E-state index contributed by atoms with van der Waals surface area (Å²) in [7, 11) is 0. The molecule has 1 aliphatic carbocycles. The van der Waals surface area contributed by atoms with Gasteiger partial charge in [-0.1, -0.05) is 172 Å². The molecule has 11 rings (SSSR count). The van der Waals surface area contributed by atoms with E-state index in [-0.39, 0.29) is 0 Å². The third-order valence-corrected chi connectivity index (χ3v) is 13.4. The van der Waals surface area contributed by atoms with Gasteiger partial charge in [-0.2, -0.15) is 0 Å². The molecule has 1 heterocycles. The van der Waals surface area contributed by atoms with E-state index in [2.05, 4.69) is 225 Å². The van der Waals surface area contributed by atoms with Gasteiger partial charge in [0.15, 0.2) is 0 Å². The van der Waals surface area contributed by atoms with Crippen molar-refractivity contribution in [2.75, 3.05) is 4.90 Å². The molecule has 0 N–H and O–H groups in total. The van der Waals surface area contributed by atoms with Crippen LogP contribution in [-0.4, -0.2) is 0 Å². The van der Waals surface area contributed by atoms with Gasteiger partial charge in [-0.3, -0.25) is 0 Å². The summed E-state index contributed by atoms with van der Waals surface area (Å²) in [6.07, 6.45) is 0. The van der Waals surface area contributed by atoms with Crippen molar-refractivity contribution in [2.45, 2.75) is 25.2 Å². The molecule has 0 bridgehead atoms. The SMILES string of the molecule is CC(C)c1cccc2c1-c1ccc(N(c3ccc4sc5ccccc5c4c3)c3cc4ccccc4cc3-c3ccccc3)cc1C2(c1ccccc1)c1ccccc1. The highest BCUT2D eigenvalue weighted by Crippen LogP contribution is 2.59. The van der Waals surface area contributed by atoms with E-state index in [1.165, 1.54) is 81.0 Å². The maximum atomic E-state index is 2.52. The highest BCUT2D eigenvalue weighted by Gasteiger charge is 2.47. The summed E-state index contributed by atoms with van der Waals surface area (Å²) in [6, 6.07) is 76.9. The fraction of sp³-hybridized carbons (Fsp3) is 0.0714. The molecule has 0 unspecified atom stereocenters. The monoisotopic (exact) mass is 759 g/mol. The van der Waals surface area contributed by atoms with Crippen LogP contribution in [0.3, 0.4) is 0 Å². The van der Waals surface area contributed by atoms with Crippen LogP contribution in [0.15, 0.2) is 206 Å². The summed E-state index contributed by atoms with van der Waals surface area (Å²) in [5, 5.41) is 5.01. The molecule has 0 atom stereocenters. The molecular weight excluding hydrogens is 719 g/mol. The van der Waals surface area contributed by atoms with Crippen molar-refractivity contribution in [1.82, 2.24) is 0 Å². The van der Waals surface area contributed by atoms with E-state index < -0.39 is 5.41 Å². The number of benzene rings is 9. The number of fused-ring (bicyclic) bond motifs is 7. The van der Waals surface area contributed by atoms with Crippen LogP contribution < -0.4 is 4.90 Å². The molecule has 0 spiro atoms. The first-order valence-corrected chi connectivity index (χ1v) is 21.1. The Morgan fingerprint density at radius 1 is 0.448 bits per heavy atom. The predicted molar refractivity (Wildman–Crippen MR) is 248 cm³/mol. The summed E-state index contributed by atoms with van der Waals surface area (Å²) in [5.74, 6) is 0.361. The van der Waals surface area contributed by atoms with Gasteiger partial charge in [-0.15, -0.1) is 11.3 Å². The molecule has 2 heteroatoms. The second-order valence-electron chi connectivity index (χ2n) is 15.8. The van der Waals surface area contributed by atoms with E-state index in [9.17, 15) is 0 Å². The minimum Gasteiger partial charge on any atom is -0.310 e. The van der Waals surface area contributed by atoms with Crippen molar-refractivity contribution in [2.24, 2.45) is 0 Å². The summed E-state index contributed by atoms with van der Waals surface area (Å²) in [5.41, 5.74) is 14.5. The van der Waals surface area contributed by atoms with Gasteiger partial charge in [0.05, 0.1) is 11.1 Å². The van der Waals surface area contributed by atoms with Crippen LogP contribution in [0.25, 0.3) is 53.2 Å². The van der Waals surface area contributed by atoms with Crippen molar-refractivity contribution in [3.05, 3.63) is 234 Å². The molecule has 0 radical (unpaired) electrons. The first kappa shape index (κ1) is 34.5. The lowest BCUT2D eigenvalue weighted by molar-refractivity contribution is 0.765. The summed E-state index contributed by atoms with van der Waals surface area (Å²) in [4.78, 5) is 2.52. The Morgan fingerprint density at radius 2 is 1.05 bits per heavy atom. The van der Waals surface area contributed by atoms with Gasteiger partial charge in [0.1, 0.15) is 0 Å². The van der Waals surface area contributed by atoms with E-state index >= 15 is 0 Å². The minimum absolute atomic E-state index is 0.361. The Labute approximate surface area is 344 Å². The fourth-order valence-corrected chi connectivity index (χ4v) is 10.8. The Hall–Kier alpha value is -6.74. The first-order valence-electron chi connectivity index (χ1n) is 20.3. The average Bonchev–Trinajstić information content (AvgIpc) is 3.80. The summed E-state index contributed by atoms with van der Waals surface area (Å²) >= 11 is 1.86. The molecule has 0 fully saturated rings. The molecular formula is C56H41NS. The smallest absolute Gasteiger partial charge is 0.0714 e. The minimum atomic E-state index is -0.529. The van der Waals surface area contributed by atoms with Crippen molar-refractivity contribution < 1.29 is 0 Å². The van der Waals surface area contributed by atoms with Crippen molar-refractivity contribution in [3.63, 3.8) is 0 Å².